The molecular weight excluding hydrogens is 388 g/mol. The van der Waals surface area contributed by atoms with Crippen LogP contribution in [0.25, 0.3) is 0 Å². The van der Waals surface area contributed by atoms with Crippen LogP contribution >= 0.6 is 15.9 Å². The van der Waals surface area contributed by atoms with Gasteiger partial charge in [-0.2, -0.15) is 0 Å². The number of pyridine rings is 1. The molecule has 3 heterocycles. The number of carbonyl (C=O) groups excluding carboxylic acids is 2. The van der Waals surface area contributed by atoms with E-state index in [1.165, 1.54) is 0 Å². The summed E-state index contributed by atoms with van der Waals surface area (Å²) in [6.07, 6.45) is 3.30. The molecule has 0 aromatic carbocycles. The first-order valence-electron chi connectivity index (χ1n) is 8.13. The number of nitrogens with one attached hydrogen (secondary N) is 1. The lowest BCUT2D eigenvalue weighted by Crippen LogP contribution is -2.46. The maximum absolute atomic E-state index is 12.5. The van der Waals surface area contributed by atoms with Gasteiger partial charge in [0.1, 0.15) is 16.4 Å². The Morgan fingerprint density at radius 2 is 2.28 bits per heavy atom. The molecule has 2 amide bonds. The summed E-state index contributed by atoms with van der Waals surface area (Å²) in [5.41, 5.74) is 1.69. The summed E-state index contributed by atoms with van der Waals surface area (Å²) in [4.78, 5) is 30.7. The second-order valence-corrected chi connectivity index (χ2v) is 6.87. The van der Waals surface area contributed by atoms with E-state index in [0.29, 0.717) is 25.3 Å². The summed E-state index contributed by atoms with van der Waals surface area (Å²) >= 11 is 3.31. The second-order valence-electron chi connectivity index (χ2n) is 6.06. The topological polar surface area (TPSA) is 88.3 Å². The minimum Gasteiger partial charge on any atom is -0.361 e. The highest BCUT2D eigenvalue weighted by Crippen LogP contribution is 2.19. The minimum atomic E-state index is -0.429. The number of amides is 2. The molecular formula is C17H19BrN4O3. The van der Waals surface area contributed by atoms with Crippen molar-refractivity contribution in [3.8, 4) is 0 Å². The zero-order valence-electron chi connectivity index (χ0n) is 13.9. The zero-order chi connectivity index (χ0) is 17.8. The lowest BCUT2D eigenvalue weighted by molar-refractivity contribution is -0.138. The van der Waals surface area contributed by atoms with Crippen molar-refractivity contribution < 1.29 is 14.1 Å². The molecule has 0 aliphatic carbocycles. The number of hydrogen-bond donors (Lipinski definition) is 1. The third kappa shape index (κ3) is 4.45. The molecule has 1 atom stereocenters. The van der Waals surface area contributed by atoms with Crippen molar-refractivity contribution in [2.24, 2.45) is 0 Å². The SMILES string of the molecule is Cc1cc(CC(=O)N2CCCC2C(=O)NCc2ccnc(Br)c2)on1. The summed E-state index contributed by atoms with van der Waals surface area (Å²) in [7, 11) is 0. The molecule has 2 aromatic heterocycles. The molecule has 1 N–H and O–H groups in total. The van der Waals surface area contributed by atoms with Crippen LogP contribution in [0.2, 0.25) is 0 Å². The zero-order valence-corrected chi connectivity index (χ0v) is 15.5. The lowest BCUT2D eigenvalue weighted by atomic mass is 10.2. The first kappa shape index (κ1) is 17.6. The molecule has 1 aliphatic rings. The molecule has 1 unspecified atom stereocenters. The van der Waals surface area contributed by atoms with Gasteiger partial charge in [0, 0.05) is 25.4 Å². The third-order valence-corrected chi connectivity index (χ3v) is 4.57. The van der Waals surface area contributed by atoms with Gasteiger partial charge in [-0.3, -0.25) is 9.59 Å². The monoisotopic (exact) mass is 406 g/mol. The quantitative estimate of drug-likeness (QED) is 0.766. The molecule has 0 saturated carbocycles. The van der Waals surface area contributed by atoms with Gasteiger partial charge in [0.15, 0.2) is 0 Å². The van der Waals surface area contributed by atoms with Gasteiger partial charge in [-0.15, -0.1) is 0 Å². The van der Waals surface area contributed by atoms with E-state index in [1.807, 2.05) is 12.1 Å². The van der Waals surface area contributed by atoms with Crippen molar-refractivity contribution in [2.45, 2.75) is 38.8 Å². The number of nitrogens with zero attached hydrogens (tertiary/aromatic N) is 3. The fourth-order valence-corrected chi connectivity index (χ4v) is 3.36. The van der Waals surface area contributed by atoms with Crippen molar-refractivity contribution in [1.82, 2.24) is 20.4 Å². The standard InChI is InChI=1S/C17H19BrN4O3/c1-11-7-13(25-21-11)9-16(23)22-6-2-3-14(22)17(24)20-10-12-4-5-19-15(18)8-12/h4-5,7-8,14H,2-3,6,9-10H2,1H3,(H,20,24). The van der Waals surface area contributed by atoms with E-state index in [4.69, 9.17) is 4.52 Å². The van der Waals surface area contributed by atoms with E-state index < -0.39 is 6.04 Å². The smallest absolute Gasteiger partial charge is 0.243 e. The van der Waals surface area contributed by atoms with Crippen LogP contribution in [0, 0.1) is 6.92 Å². The Labute approximate surface area is 153 Å². The highest BCUT2D eigenvalue weighted by Gasteiger charge is 2.34. The number of rotatable bonds is 5. The van der Waals surface area contributed by atoms with E-state index in [9.17, 15) is 9.59 Å². The highest BCUT2D eigenvalue weighted by molar-refractivity contribution is 9.10. The Kier molecular flexibility index (Phi) is 5.47. The average Bonchev–Trinajstić information content (AvgIpc) is 3.22. The number of halogens is 1. The van der Waals surface area contributed by atoms with E-state index in [1.54, 1.807) is 24.1 Å². The number of aryl methyl sites for hydroxylation is 1. The van der Waals surface area contributed by atoms with Crippen LogP contribution in [0.15, 0.2) is 33.5 Å². The summed E-state index contributed by atoms with van der Waals surface area (Å²) in [5.74, 6) is 0.281. The van der Waals surface area contributed by atoms with Gasteiger partial charge in [-0.25, -0.2) is 4.98 Å². The summed E-state index contributed by atoms with van der Waals surface area (Å²) < 4.78 is 5.82. The van der Waals surface area contributed by atoms with Crippen LogP contribution in [0.5, 0.6) is 0 Å². The highest BCUT2D eigenvalue weighted by atomic mass is 79.9. The van der Waals surface area contributed by atoms with Gasteiger partial charge in [-0.1, -0.05) is 5.16 Å². The van der Waals surface area contributed by atoms with Crippen LogP contribution in [-0.2, 0) is 22.6 Å². The molecule has 7 nitrogen and oxygen atoms in total. The number of hydrogen-bond acceptors (Lipinski definition) is 5. The van der Waals surface area contributed by atoms with Crippen LogP contribution in [0.1, 0.15) is 29.9 Å². The molecule has 1 saturated heterocycles. The Morgan fingerprint density at radius 1 is 1.44 bits per heavy atom. The second kappa shape index (κ2) is 7.77. The van der Waals surface area contributed by atoms with Crippen molar-refractivity contribution in [3.63, 3.8) is 0 Å². The van der Waals surface area contributed by atoms with Gasteiger partial charge >= 0.3 is 0 Å². The molecule has 1 aliphatic heterocycles. The Hall–Kier alpha value is -2.22. The van der Waals surface area contributed by atoms with Crippen molar-refractivity contribution in [1.29, 1.82) is 0 Å². The van der Waals surface area contributed by atoms with Gasteiger partial charge < -0.3 is 14.7 Å². The van der Waals surface area contributed by atoms with E-state index in [2.05, 4.69) is 31.4 Å². The molecule has 0 spiro atoms. The summed E-state index contributed by atoms with van der Waals surface area (Å²) in [6, 6.07) is 5.00. The Morgan fingerprint density at radius 3 is 3.00 bits per heavy atom. The third-order valence-electron chi connectivity index (χ3n) is 4.14. The fourth-order valence-electron chi connectivity index (χ4n) is 2.95. The average molecular weight is 407 g/mol. The summed E-state index contributed by atoms with van der Waals surface area (Å²) in [6.45, 7) is 2.80. The van der Waals surface area contributed by atoms with Crippen LogP contribution in [-0.4, -0.2) is 39.4 Å². The van der Waals surface area contributed by atoms with Crippen molar-refractivity contribution in [2.75, 3.05) is 6.54 Å². The van der Waals surface area contributed by atoms with E-state index in [0.717, 1.165) is 22.3 Å². The predicted molar refractivity (Wildman–Crippen MR) is 93.5 cm³/mol. The number of likely N-dealkylation sites (tertiary alicyclic amines) is 1. The van der Waals surface area contributed by atoms with Crippen LogP contribution in [0.3, 0.4) is 0 Å². The normalized spacial score (nSPS) is 16.9. The van der Waals surface area contributed by atoms with Crippen molar-refractivity contribution in [3.05, 3.63) is 46.0 Å². The molecule has 132 valence electrons. The van der Waals surface area contributed by atoms with Gasteiger partial charge in [0.25, 0.3) is 0 Å². The molecule has 8 heteroatoms. The van der Waals surface area contributed by atoms with Crippen LogP contribution < -0.4 is 5.32 Å². The minimum absolute atomic E-state index is 0.111. The fraction of sp³-hybridized carbons (Fsp3) is 0.412. The number of carbonyl (C=O) groups is 2. The van der Waals surface area contributed by atoms with Crippen molar-refractivity contribution >= 4 is 27.7 Å². The largest absolute Gasteiger partial charge is 0.361 e. The molecule has 2 aromatic rings. The molecule has 0 bridgehead atoms. The Balaban J connectivity index is 1.58. The van der Waals surface area contributed by atoms with E-state index in [-0.39, 0.29) is 18.2 Å². The maximum atomic E-state index is 12.5. The summed E-state index contributed by atoms with van der Waals surface area (Å²) in [5, 5.41) is 6.69. The predicted octanol–water partition coefficient (Wildman–Crippen LogP) is 1.99. The molecule has 0 radical (unpaired) electrons. The molecule has 1 fully saturated rings. The van der Waals surface area contributed by atoms with Crippen LogP contribution in [0.4, 0.5) is 0 Å². The van der Waals surface area contributed by atoms with Gasteiger partial charge in [-0.05, 0) is 53.4 Å². The first-order valence-corrected chi connectivity index (χ1v) is 8.92. The van der Waals surface area contributed by atoms with E-state index >= 15 is 0 Å². The Bertz CT molecular complexity index is 777. The van der Waals surface area contributed by atoms with Gasteiger partial charge in [0.05, 0.1) is 12.1 Å². The molecule has 25 heavy (non-hydrogen) atoms. The molecule has 3 rings (SSSR count). The first-order chi connectivity index (χ1) is 12.0. The number of aromatic nitrogens is 2. The van der Waals surface area contributed by atoms with Gasteiger partial charge in [0.2, 0.25) is 11.8 Å². The maximum Gasteiger partial charge on any atom is 0.243 e. The lowest BCUT2D eigenvalue weighted by Gasteiger charge is -2.23.